The van der Waals surface area contributed by atoms with Crippen molar-refractivity contribution >= 4 is 11.7 Å². The van der Waals surface area contributed by atoms with Crippen LogP contribution in [-0.2, 0) is 0 Å². The van der Waals surface area contributed by atoms with Crippen LogP contribution in [0.4, 0.5) is 0 Å². The molecule has 0 unspecified atom stereocenters. The van der Waals surface area contributed by atoms with Crippen LogP contribution in [0.5, 0.6) is 5.75 Å². The van der Waals surface area contributed by atoms with E-state index in [4.69, 9.17) is 27.0 Å². The Morgan fingerprint density at radius 2 is 1.26 bits per heavy atom. The van der Waals surface area contributed by atoms with Gasteiger partial charge in [-0.15, -0.1) is 0 Å². The first-order chi connectivity index (χ1) is 12.9. The maximum atomic E-state index is 7.28. The zero-order valence-corrected chi connectivity index (χ0v) is 16.4. The SMILES string of the molecule is CCCCCCCOc1ccc(C(=N)N)cc1.Cc1ccc(C(=N)N)cc1. The fraction of sp³-hybridized carbons (Fsp3) is 0.364. The Balaban J connectivity index is 0.000000309. The summed E-state index contributed by atoms with van der Waals surface area (Å²) in [5, 5.41) is 14.4. The fourth-order valence-electron chi connectivity index (χ4n) is 2.36. The van der Waals surface area contributed by atoms with Gasteiger partial charge in [-0.1, -0.05) is 62.4 Å². The summed E-state index contributed by atoms with van der Waals surface area (Å²) in [6.07, 6.45) is 6.22. The normalized spacial score (nSPS) is 9.85. The van der Waals surface area contributed by atoms with Crippen LogP contribution in [-0.4, -0.2) is 18.3 Å². The van der Waals surface area contributed by atoms with Crippen LogP contribution >= 0.6 is 0 Å². The summed E-state index contributed by atoms with van der Waals surface area (Å²) in [6.45, 7) is 4.99. The highest BCUT2D eigenvalue weighted by molar-refractivity contribution is 5.95. The molecule has 0 aliphatic carbocycles. The zero-order valence-electron chi connectivity index (χ0n) is 16.4. The largest absolute Gasteiger partial charge is 0.494 e. The molecule has 0 aliphatic rings. The van der Waals surface area contributed by atoms with Gasteiger partial charge in [0.15, 0.2) is 0 Å². The second-order valence-corrected chi connectivity index (χ2v) is 6.48. The minimum absolute atomic E-state index is 0.0936. The second kappa shape index (κ2) is 12.5. The monoisotopic (exact) mass is 368 g/mol. The smallest absolute Gasteiger partial charge is 0.122 e. The molecule has 2 aromatic carbocycles. The number of rotatable bonds is 9. The number of nitrogen functional groups attached to an aromatic ring is 2. The molecule has 0 saturated heterocycles. The van der Waals surface area contributed by atoms with Gasteiger partial charge in [-0.25, -0.2) is 0 Å². The average molecular weight is 369 g/mol. The van der Waals surface area contributed by atoms with Crippen molar-refractivity contribution in [2.24, 2.45) is 11.5 Å². The highest BCUT2D eigenvalue weighted by atomic mass is 16.5. The Bertz CT molecular complexity index is 693. The van der Waals surface area contributed by atoms with E-state index < -0.39 is 0 Å². The van der Waals surface area contributed by atoms with Crippen LogP contribution in [0.3, 0.4) is 0 Å². The number of nitrogens with two attached hydrogens (primary N) is 2. The first-order valence-electron chi connectivity index (χ1n) is 9.42. The molecule has 0 aromatic heterocycles. The summed E-state index contributed by atoms with van der Waals surface area (Å²) in [6, 6.07) is 14.9. The Morgan fingerprint density at radius 3 is 1.74 bits per heavy atom. The molecule has 6 N–H and O–H groups in total. The Hall–Kier alpha value is -2.82. The van der Waals surface area contributed by atoms with E-state index in [0.29, 0.717) is 0 Å². The number of ether oxygens (including phenoxy) is 1. The Labute approximate surface area is 162 Å². The lowest BCUT2D eigenvalue weighted by Crippen LogP contribution is -2.10. The zero-order chi connectivity index (χ0) is 20.1. The summed E-state index contributed by atoms with van der Waals surface area (Å²) >= 11 is 0. The van der Waals surface area contributed by atoms with E-state index in [1.807, 2.05) is 55.5 Å². The van der Waals surface area contributed by atoms with Crippen LogP contribution in [0.1, 0.15) is 55.7 Å². The first-order valence-corrected chi connectivity index (χ1v) is 9.42. The summed E-state index contributed by atoms with van der Waals surface area (Å²) in [5.41, 5.74) is 13.3. The molecule has 0 aliphatic heterocycles. The predicted molar refractivity (Wildman–Crippen MR) is 114 cm³/mol. The van der Waals surface area contributed by atoms with Gasteiger partial charge in [-0.05, 0) is 37.6 Å². The van der Waals surface area contributed by atoms with Crippen LogP contribution in [0.25, 0.3) is 0 Å². The number of unbranched alkanes of at least 4 members (excludes halogenated alkanes) is 4. The summed E-state index contributed by atoms with van der Waals surface area (Å²) in [7, 11) is 0. The number of nitrogens with one attached hydrogen (secondary N) is 2. The molecule has 0 bridgehead atoms. The van der Waals surface area contributed by atoms with Crippen LogP contribution in [0.15, 0.2) is 48.5 Å². The highest BCUT2D eigenvalue weighted by Gasteiger charge is 1.97. The standard InChI is InChI=1S/C14H22N2O.C8H10N2/c1-2-3-4-5-6-11-17-13-9-7-12(8-10-13)14(15)16;1-6-2-4-7(5-3-6)8(9)10/h7-10H,2-6,11H2,1H3,(H3,15,16);2-5H,1H3,(H3,9,10). The molecule has 0 atom stereocenters. The first kappa shape index (κ1) is 22.2. The van der Waals surface area contributed by atoms with Gasteiger partial charge in [-0.3, -0.25) is 10.8 Å². The van der Waals surface area contributed by atoms with Crippen molar-refractivity contribution < 1.29 is 4.74 Å². The lowest BCUT2D eigenvalue weighted by atomic mass is 10.1. The van der Waals surface area contributed by atoms with Crippen LogP contribution in [0.2, 0.25) is 0 Å². The number of aryl methyl sites for hydroxylation is 1. The molecule has 2 rings (SSSR count). The molecule has 0 amide bonds. The molecule has 0 saturated carbocycles. The molecule has 5 nitrogen and oxygen atoms in total. The highest BCUT2D eigenvalue weighted by Crippen LogP contribution is 2.12. The maximum absolute atomic E-state index is 7.28. The minimum Gasteiger partial charge on any atom is -0.494 e. The number of hydrogen-bond acceptors (Lipinski definition) is 3. The third kappa shape index (κ3) is 9.45. The van der Waals surface area contributed by atoms with Crippen molar-refractivity contribution in [1.29, 1.82) is 10.8 Å². The van der Waals surface area contributed by atoms with Gasteiger partial charge in [-0.2, -0.15) is 0 Å². The fourth-order valence-corrected chi connectivity index (χ4v) is 2.36. The molecule has 146 valence electrons. The van der Waals surface area contributed by atoms with Crippen molar-refractivity contribution in [3.05, 3.63) is 65.2 Å². The number of amidine groups is 2. The summed E-state index contributed by atoms with van der Waals surface area (Å²) in [4.78, 5) is 0. The van der Waals surface area contributed by atoms with E-state index in [1.54, 1.807) is 0 Å². The molecule has 5 heteroatoms. The summed E-state index contributed by atoms with van der Waals surface area (Å²) < 4.78 is 5.61. The lowest BCUT2D eigenvalue weighted by molar-refractivity contribution is 0.304. The van der Waals surface area contributed by atoms with Gasteiger partial charge < -0.3 is 16.2 Å². The van der Waals surface area contributed by atoms with Gasteiger partial charge in [0.05, 0.1) is 6.61 Å². The topological polar surface area (TPSA) is 109 Å². The molecule has 0 heterocycles. The van der Waals surface area contributed by atoms with E-state index in [9.17, 15) is 0 Å². The summed E-state index contributed by atoms with van der Waals surface area (Å²) in [5.74, 6) is 1.07. The van der Waals surface area contributed by atoms with E-state index in [-0.39, 0.29) is 11.7 Å². The minimum atomic E-state index is 0.0936. The number of benzene rings is 2. The van der Waals surface area contributed by atoms with Crippen molar-refractivity contribution in [1.82, 2.24) is 0 Å². The van der Waals surface area contributed by atoms with E-state index in [1.165, 1.54) is 31.2 Å². The van der Waals surface area contributed by atoms with Gasteiger partial charge in [0.1, 0.15) is 17.4 Å². The second-order valence-electron chi connectivity index (χ2n) is 6.48. The van der Waals surface area contributed by atoms with Crippen molar-refractivity contribution in [3.63, 3.8) is 0 Å². The van der Waals surface area contributed by atoms with Gasteiger partial charge in [0.2, 0.25) is 0 Å². The van der Waals surface area contributed by atoms with E-state index in [2.05, 4.69) is 6.92 Å². The Morgan fingerprint density at radius 1 is 0.778 bits per heavy atom. The molecular weight excluding hydrogens is 336 g/mol. The molecule has 2 aromatic rings. The van der Waals surface area contributed by atoms with Crippen LogP contribution < -0.4 is 16.2 Å². The van der Waals surface area contributed by atoms with Gasteiger partial charge in [0.25, 0.3) is 0 Å². The van der Waals surface area contributed by atoms with Crippen molar-refractivity contribution in [2.75, 3.05) is 6.61 Å². The predicted octanol–water partition coefficient (Wildman–Crippen LogP) is 4.60. The quantitative estimate of drug-likeness (QED) is 0.295. The molecule has 27 heavy (non-hydrogen) atoms. The molecular formula is C22H32N4O. The van der Waals surface area contributed by atoms with Crippen molar-refractivity contribution in [2.45, 2.75) is 46.0 Å². The van der Waals surface area contributed by atoms with Gasteiger partial charge >= 0.3 is 0 Å². The van der Waals surface area contributed by atoms with E-state index >= 15 is 0 Å². The lowest BCUT2D eigenvalue weighted by Gasteiger charge is -2.06. The Kier molecular flexibility index (Phi) is 10.3. The van der Waals surface area contributed by atoms with E-state index in [0.717, 1.165) is 29.9 Å². The third-order valence-electron chi connectivity index (χ3n) is 4.04. The maximum Gasteiger partial charge on any atom is 0.122 e. The van der Waals surface area contributed by atoms with Crippen LogP contribution in [0, 0.1) is 17.7 Å². The number of hydrogen-bond donors (Lipinski definition) is 4. The molecule has 0 radical (unpaired) electrons. The van der Waals surface area contributed by atoms with Gasteiger partial charge in [0, 0.05) is 11.1 Å². The molecule has 0 fully saturated rings. The molecule has 0 spiro atoms. The van der Waals surface area contributed by atoms with Crippen molar-refractivity contribution in [3.8, 4) is 5.75 Å². The third-order valence-corrected chi connectivity index (χ3v) is 4.04. The average Bonchev–Trinajstić information content (AvgIpc) is 2.66.